The Morgan fingerprint density at radius 1 is 0.867 bits per heavy atom. The van der Waals surface area contributed by atoms with Crippen LogP contribution in [0.15, 0.2) is 36.5 Å². The van der Waals surface area contributed by atoms with E-state index in [0.29, 0.717) is 0 Å². The average Bonchev–Trinajstić information content (AvgIpc) is 2.25. The number of aliphatic hydroxyl groups excluding tert-OH is 3. The van der Waals surface area contributed by atoms with Gasteiger partial charge in [0.05, 0.1) is 6.10 Å². The molecule has 0 fully saturated rings. The smallest absolute Gasteiger partial charge is 0.102 e. The quantitative estimate of drug-likeness (QED) is 0.521. The van der Waals surface area contributed by atoms with Crippen molar-refractivity contribution < 1.29 is 15.3 Å². The molecular weight excluding hydrogens is 192 g/mol. The van der Waals surface area contributed by atoms with Crippen molar-refractivity contribution in [2.45, 2.75) is 37.6 Å². The van der Waals surface area contributed by atoms with Gasteiger partial charge in [-0.15, -0.1) is 0 Å². The van der Waals surface area contributed by atoms with Gasteiger partial charge in [0.25, 0.3) is 0 Å². The molecule has 3 nitrogen and oxygen atoms in total. The van der Waals surface area contributed by atoms with Crippen molar-refractivity contribution in [1.29, 1.82) is 0 Å². The van der Waals surface area contributed by atoms with Crippen LogP contribution in [0, 0.1) is 0 Å². The molecule has 0 saturated heterocycles. The molecule has 0 saturated carbocycles. The molecule has 0 aromatic rings. The van der Waals surface area contributed by atoms with Gasteiger partial charge in [0.15, 0.2) is 0 Å². The van der Waals surface area contributed by atoms with Crippen LogP contribution < -0.4 is 0 Å². The maximum absolute atomic E-state index is 8.82. The summed E-state index contributed by atoms with van der Waals surface area (Å²) in [7, 11) is 0. The molecule has 2 aliphatic carbocycles. The lowest BCUT2D eigenvalue weighted by atomic mass is 10.1. The Balaban J connectivity index is 0.000000151. The summed E-state index contributed by atoms with van der Waals surface area (Å²) in [5, 5.41) is 26.4. The van der Waals surface area contributed by atoms with Gasteiger partial charge in [-0.1, -0.05) is 36.5 Å². The predicted octanol–water partition coefficient (Wildman–Crippen LogP) is 0.922. The Bertz CT molecular complexity index is 240. The topological polar surface area (TPSA) is 60.7 Å². The van der Waals surface area contributed by atoms with Crippen molar-refractivity contribution in [3.8, 4) is 0 Å². The van der Waals surface area contributed by atoms with Gasteiger partial charge in [0.2, 0.25) is 0 Å². The predicted molar refractivity (Wildman–Crippen MR) is 59.3 cm³/mol. The van der Waals surface area contributed by atoms with E-state index in [4.69, 9.17) is 15.3 Å². The lowest BCUT2D eigenvalue weighted by molar-refractivity contribution is 0.0794. The van der Waals surface area contributed by atoms with Crippen LogP contribution in [0.25, 0.3) is 0 Å². The van der Waals surface area contributed by atoms with Crippen molar-refractivity contribution >= 4 is 0 Å². The second-order valence-electron chi connectivity index (χ2n) is 3.68. The van der Waals surface area contributed by atoms with Crippen LogP contribution in [0.4, 0.5) is 0 Å². The minimum Gasteiger partial charge on any atom is -0.389 e. The summed E-state index contributed by atoms with van der Waals surface area (Å²) in [6, 6.07) is 0. The Kier molecular flexibility index (Phi) is 5.32. The normalized spacial score (nSPS) is 33.4. The first-order chi connectivity index (χ1) is 7.20. The average molecular weight is 210 g/mol. The monoisotopic (exact) mass is 210 g/mol. The third-order valence-corrected chi connectivity index (χ3v) is 2.31. The molecule has 0 heterocycles. The van der Waals surface area contributed by atoms with E-state index in [1.807, 2.05) is 12.2 Å². The maximum Gasteiger partial charge on any atom is 0.102 e. The summed E-state index contributed by atoms with van der Waals surface area (Å²) < 4.78 is 0. The highest BCUT2D eigenvalue weighted by molar-refractivity contribution is 5.15. The van der Waals surface area contributed by atoms with E-state index in [9.17, 15) is 0 Å². The number of hydrogen-bond donors (Lipinski definition) is 3. The SMILES string of the molecule is OC1C=CC=CC1O.OC1C=CCCC1. The molecule has 15 heavy (non-hydrogen) atoms. The second kappa shape index (κ2) is 6.56. The molecule has 84 valence electrons. The fourth-order valence-electron chi connectivity index (χ4n) is 1.38. The molecule has 3 N–H and O–H groups in total. The Morgan fingerprint density at radius 3 is 1.73 bits per heavy atom. The first-order valence-electron chi connectivity index (χ1n) is 5.26. The van der Waals surface area contributed by atoms with Crippen LogP contribution in [-0.4, -0.2) is 33.6 Å². The first kappa shape index (κ1) is 12.2. The zero-order valence-corrected chi connectivity index (χ0v) is 8.66. The number of aliphatic hydroxyl groups is 3. The Labute approximate surface area is 90.1 Å². The second-order valence-corrected chi connectivity index (χ2v) is 3.68. The van der Waals surface area contributed by atoms with Gasteiger partial charge >= 0.3 is 0 Å². The molecule has 0 amide bonds. The zero-order valence-electron chi connectivity index (χ0n) is 8.66. The molecule has 3 atom stereocenters. The van der Waals surface area contributed by atoms with Crippen LogP contribution in [0.2, 0.25) is 0 Å². The lowest BCUT2D eigenvalue weighted by Crippen LogP contribution is -2.22. The number of hydrogen-bond acceptors (Lipinski definition) is 3. The molecule has 3 heteroatoms. The summed E-state index contributed by atoms with van der Waals surface area (Å²) >= 11 is 0. The molecule has 0 spiro atoms. The molecule has 0 bridgehead atoms. The Morgan fingerprint density at radius 2 is 1.47 bits per heavy atom. The van der Waals surface area contributed by atoms with E-state index in [2.05, 4.69) is 0 Å². The van der Waals surface area contributed by atoms with E-state index < -0.39 is 12.2 Å². The molecule has 0 radical (unpaired) electrons. The van der Waals surface area contributed by atoms with E-state index in [-0.39, 0.29) is 6.10 Å². The molecular formula is C12H18O3. The fourth-order valence-corrected chi connectivity index (χ4v) is 1.38. The summed E-state index contributed by atoms with van der Waals surface area (Å²) in [4.78, 5) is 0. The molecule has 0 aliphatic heterocycles. The third kappa shape index (κ3) is 4.93. The van der Waals surface area contributed by atoms with Crippen molar-refractivity contribution in [1.82, 2.24) is 0 Å². The van der Waals surface area contributed by atoms with Crippen molar-refractivity contribution in [2.75, 3.05) is 0 Å². The summed E-state index contributed by atoms with van der Waals surface area (Å²) in [6.07, 6.45) is 12.1. The van der Waals surface area contributed by atoms with Gasteiger partial charge < -0.3 is 15.3 Å². The van der Waals surface area contributed by atoms with Gasteiger partial charge in [-0.3, -0.25) is 0 Å². The standard InChI is InChI=1S/C6H8O2.C6H10O/c7-5-3-1-2-4-6(5)8;7-6-4-2-1-3-5-6/h1-8H;2,4,6-7H,1,3,5H2. The molecule has 0 aromatic carbocycles. The van der Waals surface area contributed by atoms with Gasteiger partial charge in [-0.05, 0) is 19.3 Å². The van der Waals surface area contributed by atoms with Crippen LogP contribution in [-0.2, 0) is 0 Å². The first-order valence-corrected chi connectivity index (χ1v) is 5.26. The van der Waals surface area contributed by atoms with Crippen molar-refractivity contribution in [2.24, 2.45) is 0 Å². The number of rotatable bonds is 0. The van der Waals surface area contributed by atoms with Crippen molar-refractivity contribution in [3.05, 3.63) is 36.5 Å². The summed E-state index contributed by atoms with van der Waals surface area (Å²) in [5.41, 5.74) is 0. The van der Waals surface area contributed by atoms with Gasteiger partial charge in [-0.25, -0.2) is 0 Å². The molecule has 2 aliphatic rings. The van der Waals surface area contributed by atoms with Crippen LogP contribution in [0.5, 0.6) is 0 Å². The zero-order chi connectivity index (χ0) is 11.1. The summed E-state index contributed by atoms with van der Waals surface area (Å²) in [6.45, 7) is 0. The largest absolute Gasteiger partial charge is 0.389 e. The number of allylic oxidation sites excluding steroid dienone is 3. The molecule has 0 aromatic heterocycles. The third-order valence-electron chi connectivity index (χ3n) is 2.31. The van der Waals surface area contributed by atoms with Crippen LogP contribution in [0.1, 0.15) is 19.3 Å². The minimum atomic E-state index is -0.708. The minimum absolute atomic E-state index is 0.145. The van der Waals surface area contributed by atoms with Gasteiger partial charge in [0.1, 0.15) is 12.2 Å². The van der Waals surface area contributed by atoms with E-state index >= 15 is 0 Å². The highest BCUT2D eigenvalue weighted by Crippen LogP contribution is 2.08. The lowest BCUT2D eigenvalue weighted by Gasteiger charge is -2.11. The van der Waals surface area contributed by atoms with Crippen LogP contribution >= 0.6 is 0 Å². The molecule has 2 rings (SSSR count). The highest BCUT2D eigenvalue weighted by atomic mass is 16.3. The highest BCUT2D eigenvalue weighted by Gasteiger charge is 2.09. The van der Waals surface area contributed by atoms with Gasteiger partial charge in [0, 0.05) is 0 Å². The van der Waals surface area contributed by atoms with Crippen molar-refractivity contribution in [3.63, 3.8) is 0 Å². The maximum atomic E-state index is 8.82. The Hall–Kier alpha value is -0.900. The summed E-state index contributed by atoms with van der Waals surface area (Å²) in [5.74, 6) is 0. The van der Waals surface area contributed by atoms with E-state index in [0.717, 1.165) is 19.3 Å². The fraction of sp³-hybridized carbons (Fsp3) is 0.500. The van der Waals surface area contributed by atoms with Crippen LogP contribution in [0.3, 0.4) is 0 Å². The van der Waals surface area contributed by atoms with E-state index in [1.54, 1.807) is 24.3 Å². The van der Waals surface area contributed by atoms with Gasteiger partial charge in [-0.2, -0.15) is 0 Å². The van der Waals surface area contributed by atoms with E-state index in [1.165, 1.54) is 0 Å². The molecule has 3 unspecified atom stereocenters.